The third kappa shape index (κ3) is 3.62. The van der Waals surface area contributed by atoms with Gasteiger partial charge >= 0.3 is 0 Å². The predicted octanol–water partition coefficient (Wildman–Crippen LogP) is 4.00. The lowest BCUT2D eigenvalue weighted by molar-refractivity contribution is 0.415. The quantitative estimate of drug-likeness (QED) is 0.498. The van der Waals surface area contributed by atoms with E-state index in [9.17, 15) is 12.8 Å². The van der Waals surface area contributed by atoms with E-state index in [1.807, 2.05) is 24.3 Å². The number of halogens is 1. The minimum atomic E-state index is -4.15. The fourth-order valence-electron chi connectivity index (χ4n) is 2.92. The van der Waals surface area contributed by atoms with Crippen LogP contribution in [0.2, 0.25) is 0 Å². The molecule has 146 valence electrons. The summed E-state index contributed by atoms with van der Waals surface area (Å²) in [6.45, 7) is 0. The first-order valence-corrected chi connectivity index (χ1v) is 10.1. The minimum Gasteiger partial charge on any atom is -0.497 e. The lowest BCUT2D eigenvalue weighted by atomic mass is 10.0. The average Bonchev–Trinajstić information content (AvgIpc) is 3.25. The number of aromatic nitrogens is 3. The van der Waals surface area contributed by atoms with Crippen molar-refractivity contribution >= 4 is 10.0 Å². The Morgan fingerprint density at radius 3 is 2.38 bits per heavy atom. The van der Waals surface area contributed by atoms with E-state index < -0.39 is 20.7 Å². The SMILES string of the molecule is COc1cc(-c2cccnc2)cc(-c2cnn(S(=O)(=O)c3ccccc3F)c2)c1. The van der Waals surface area contributed by atoms with Crippen molar-refractivity contribution in [2.45, 2.75) is 4.90 Å². The predicted molar refractivity (Wildman–Crippen MR) is 106 cm³/mol. The van der Waals surface area contributed by atoms with Crippen molar-refractivity contribution < 1.29 is 17.5 Å². The van der Waals surface area contributed by atoms with Crippen molar-refractivity contribution in [3.63, 3.8) is 0 Å². The van der Waals surface area contributed by atoms with Crippen molar-refractivity contribution in [3.05, 3.63) is 85.2 Å². The zero-order chi connectivity index (χ0) is 20.4. The molecule has 0 aliphatic heterocycles. The number of pyridine rings is 1. The highest BCUT2D eigenvalue weighted by atomic mass is 32.2. The first-order chi connectivity index (χ1) is 14.0. The van der Waals surface area contributed by atoms with E-state index >= 15 is 0 Å². The number of nitrogens with zero attached hydrogens (tertiary/aromatic N) is 3. The second-order valence-electron chi connectivity index (χ2n) is 6.23. The third-order valence-electron chi connectivity index (χ3n) is 4.39. The molecular formula is C21H16FN3O3S. The van der Waals surface area contributed by atoms with Crippen LogP contribution >= 0.6 is 0 Å². The van der Waals surface area contributed by atoms with Gasteiger partial charge in [0.1, 0.15) is 16.5 Å². The van der Waals surface area contributed by atoms with Crippen LogP contribution in [0.5, 0.6) is 5.75 Å². The van der Waals surface area contributed by atoms with E-state index in [2.05, 4.69) is 10.1 Å². The van der Waals surface area contributed by atoms with Gasteiger partial charge in [-0.15, -0.1) is 0 Å². The van der Waals surface area contributed by atoms with Gasteiger partial charge in [0, 0.05) is 23.5 Å². The van der Waals surface area contributed by atoms with Gasteiger partial charge in [-0.1, -0.05) is 18.2 Å². The summed E-state index contributed by atoms with van der Waals surface area (Å²) in [5.41, 5.74) is 3.00. The van der Waals surface area contributed by atoms with Gasteiger partial charge in [0.2, 0.25) is 0 Å². The Morgan fingerprint density at radius 1 is 0.931 bits per heavy atom. The summed E-state index contributed by atoms with van der Waals surface area (Å²) in [4.78, 5) is 3.69. The van der Waals surface area contributed by atoms with E-state index in [4.69, 9.17) is 4.74 Å². The molecule has 4 rings (SSSR count). The highest BCUT2D eigenvalue weighted by Gasteiger charge is 2.22. The number of methoxy groups -OCH3 is 1. The van der Waals surface area contributed by atoms with Crippen molar-refractivity contribution in [3.8, 4) is 28.0 Å². The molecule has 0 fully saturated rings. The third-order valence-corrected chi connectivity index (χ3v) is 5.97. The molecule has 0 saturated carbocycles. The molecule has 2 aromatic carbocycles. The molecule has 0 unspecified atom stereocenters. The molecule has 0 amide bonds. The first kappa shape index (κ1) is 18.8. The Kier molecular flexibility index (Phi) is 4.85. The number of ether oxygens (including phenoxy) is 1. The standard InChI is InChI=1S/C21H16FN3O3S/c1-28-19-10-16(15-5-4-8-23-12-15)9-17(11-19)18-13-24-25(14-18)29(26,27)21-7-3-2-6-20(21)22/h2-14H,1H3. The smallest absolute Gasteiger partial charge is 0.285 e. The highest BCUT2D eigenvalue weighted by molar-refractivity contribution is 7.89. The maximum atomic E-state index is 14.0. The highest BCUT2D eigenvalue weighted by Crippen LogP contribution is 2.31. The van der Waals surface area contributed by atoms with Crippen molar-refractivity contribution in [2.24, 2.45) is 0 Å². The van der Waals surface area contributed by atoms with Gasteiger partial charge in [0.05, 0.1) is 19.5 Å². The number of benzene rings is 2. The Labute approximate surface area is 167 Å². The summed E-state index contributed by atoms with van der Waals surface area (Å²) >= 11 is 0. The zero-order valence-corrected chi connectivity index (χ0v) is 16.2. The maximum absolute atomic E-state index is 14.0. The number of hydrogen-bond donors (Lipinski definition) is 0. The van der Waals surface area contributed by atoms with E-state index in [0.717, 1.165) is 21.3 Å². The minimum absolute atomic E-state index is 0.434. The summed E-state index contributed by atoms with van der Waals surface area (Å²) in [6, 6.07) is 14.5. The first-order valence-electron chi connectivity index (χ1n) is 8.63. The van der Waals surface area contributed by atoms with Crippen molar-refractivity contribution in [1.82, 2.24) is 14.2 Å². The Bertz CT molecular complexity index is 1270. The fraction of sp³-hybridized carbons (Fsp3) is 0.0476. The molecule has 29 heavy (non-hydrogen) atoms. The van der Waals surface area contributed by atoms with Gasteiger partial charge in [0.25, 0.3) is 10.0 Å². The molecule has 8 heteroatoms. The molecule has 0 aliphatic rings. The van der Waals surface area contributed by atoms with E-state index in [1.54, 1.807) is 25.6 Å². The molecule has 6 nitrogen and oxygen atoms in total. The number of rotatable bonds is 5. The lowest BCUT2D eigenvalue weighted by Gasteiger charge is -2.08. The summed E-state index contributed by atoms with van der Waals surface area (Å²) in [5.74, 6) is -0.226. The van der Waals surface area contributed by atoms with E-state index in [-0.39, 0.29) is 0 Å². The average molecular weight is 409 g/mol. The molecule has 0 saturated heterocycles. The maximum Gasteiger partial charge on any atom is 0.285 e. The van der Waals surface area contributed by atoms with Crippen molar-refractivity contribution in [1.29, 1.82) is 0 Å². The van der Waals surface area contributed by atoms with Gasteiger partial charge in [-0.05, 0) is 47.5 Å². The van der Waals surface area contributed by atoms with Gasteiger partial charge in [-0.3, -0.25) is 4.98 Å². The van der Waals surface area contributed by atoms with Crippen LogP contribution < -0.4 is 4.74 Å². The molecule has 0 radical (unpaired) electrons. The van der Waals surface area contributed by atoms with Crippen LogP contribution in [0.15, 0.2) is 84.3 Å². The van der Waals surface area contributed by atoms with Crippen LogP contribution in [-0.2, 0) is 10.0 Å². The van der Waals surface area contributed by atoms with Gasteiger partial charge in [0.15, 0.2) is 0 Å². The summed E-state index contributed by atoms with van der Waals surface area (Å²) in [5, 5.41) is 3.95. The molecule has 2 aromatic heterocycles. The molecule has 4 aromatic rings. The van der Waals surface area contributed by atoms with Crippen LogP contribution in [0.25, 0.3) is 22.3 Å². The van der Waals surface area contributed by atoms with Crippen molar-refractivity contribution in [2.75, 3.05) is 7.11 Å². The van der Waals surface area contributed by atoms with Gasteiger partial charge in [-0.25, -0.2) is 4.39 Å². The van der Waals surface area contributed by atoms with Gasteiger partial charge in [-0.2, -0.15) is 17.6 Å². The normalized spacial score (nSPS) is 11.4. The second kappa shape index (κ2) is 7.48. The topological polar surface area (TPSA) is 74.1 Å². The number of hydrogen-bond acceptors (Lipinski definition) is 5. The molecule has 0 N–H and O–H groups in total. The largest absolute Gasteiger partial charge is 0.497 e. The Hall–Kier alpha value is -3.52. The fourth-order valence-corrected chi connectivity index (χ4v) is 4.11. The molecule has 0 spiro atoms. The summed E-state index contributed by atoms with van der Waals surface area (Å²) < 4.78 is 45.6. The van der Waals surface area contributed by atoms with Crippen LogP contribution in [0, 0.1) is 5.82 Å². The summed E-state index contributed by atoms with van der Waals surface area (Å²) in [6.07, 6.45) is 6.18. The van der Waals surface area contributed by atoms with Crippen LogP contribution in [0.3, 0.4) is 0 Å². The molecule has 2 heterocycles. The molecule has 0 atom stereocenters. The zero-order valence-electron chi connectivity index (χ0n) is 15.4. The van der Waals surface area contributed by atoms with Crippen LogP contribution in [0.1, 0.15) is 0 Å². The van der Waals surface area contributed by atoms with E-state index in [1.165, 1.54) is 30.6 Å². The lowest BCUT2D eigenvalue weighted by Crippen LogP contribution is -2.14. The van der Waals surface area contributed by atoms with Gasteiger partial charge < -0.3 is 4.74 Å². The van der Waals surface area contributed by atoms with Crippen LogP contribution in [-0.4, -0.2) is 29.7 Å². The van der Waals surface area contributed by atoms with E-state index in [0.29, 0.717) is 16.9 Å². The molecular weight excluding hydrogens is 393 g/mol. The Morgan fingerprint density at radius 2 is 1.69 bits per heavy atom. The van der Waals surface area contributed by atoms with Crippen LogP contribution in [0.4, 0.5) is 4.39 Å². The Balaban J connectivity index is 1.78. The molecule has 0 aliphatic carbocycles. The molecule has 0 bridgehead atoms. The summed E-state index contributed by atoms with van der Waals surface area (Å²) in [7, 11) is -2.59. The second-order valence-corrected chi connectivity index (χ2v) is 7.99. The monoisotopic (exact) mass is 409 g/mol.